The van der Waals surface area contributed by atoms with Gasteiger partial charge in [-0.3, -0.25) is 0 Å². The molecule has 114 valence electrons. The molecule has 0 bridgehead atoms. The fraction of sp³-hybridized carbons (Fsp3) is 0.714. The van der Waals surface area contributed by atoms with Crippen molar-refractivity contribution in [1.29, 1.82) is 0 Å². The largest absolute Gasteiger partial charge is 0.381 e. The van der Waals surface area contributed by atoms with Crippen molar-refractivity contribution in [3.63, 3.8) is 0 Å². The van der Waals surface area contributed by atoms with Gasteiger partial charge in [0.15, 0.2) is 5.82 Å². The average molecular weight is 302 g/mol. The lowest BCUT2D eigenvalue weighted by molar-refractivity contribution is 0.110. The van der Waals surface area contributed by atoms with Crippen molar-refractivity contribution in [2.75, 3.05) is 31.7 Å². The molecule has 1 rings (SSSR count). The van der Waals surface area contributed by atoms with Crippen LogP contribution in [0.15, 0.2) is 6.07 Å². The molecule has 0 fully saturated rings. The Morgan fingerprint density at radius 1 is 1.30 bits per heavy atom. The molecule has 0 aliphatic heterocycles. The van der Waals surface area contributed by atoms with Gasteiger partial charge in [-0.15, -0.1) is 0 Å². The van der Waals surface area contributed by atoms with E-state index in [1.165, 1.54) is 0 Å². The summed E-state index contributed by atoms with van der Waals surface area (Å²) in [5.41, 5.74) is 0. The Bertz CT molecular complexity index is 389. The quantitative estimate of drug-likeness (QED) is 0.531. The van der Waals surface area contributed by atoms with E-state index in [0.29, 0.717) is 30.1 Å². The van der Waals surface area contributed by atoms with Gasteiger partial charge in [-0.2, -0.15) is 0 Å². The van der Waals surface area contributed by atoms with E-state index in [9.17, 15) is 0 Å². The molecule has 0 saturated carbocycles. The Kier molecular flexibility index (Phi) is 8.49. The van der Waals surface area contributed by atoms with Gasteiger partial charge >= 0.3 is 0 Å². The van der Waals surface area contributed by atoms with Crippen LogP contribution < -0.4 is 5.32 Å². The highest BCUT2D eigenvalue weighted by atomic mass is 35.5. The number of hydrogen-bond acceptors (Lipinski definition) is 5. The summed E-state index contributed by atoms with van der Waals surface area (Å²) in [5, 5.41) is 3.64. The molecule has 1 N–H and O–H groups in total. The molecule has 1 aromatic heterocycles. The molecule has 0 aliphatic rings. The van der Waals surface area contributed by atoms with Gasteiger partial charge in [0, 0.05) is 32.4 Å². The molecule has 1 aromatic rings. The number of ether oxygens (including phenoxy) is 2. The van der Waals surface area contributed by atoms with Gasteiger partial charge in [-0.1, -0.05) is 25.4 Å². The Morgan fingerprint density at radius 3 is 2.80 bits per heavy atom. The van der Waals surface area contributed by atoms with Crippen molar-refractivity contribution >= 4 is 17.4 Å². The second-order valence-corrected chi connectivity index (χ2v) is 5.27. The zero-order valence-corrected chi connectivity index (χ0v) is 13.2. The number of anilines is 1. The van der Waals surface area contributed by atoms with Gasteiger partial charge < -0.3 is 14.8 Å². The highest BCUT2D eigenvalue weighted by Gasteiger charge is 2.03. The van der Waals surface area contributed by atoms with E-state index < -0.39 is 0 Å². The molecule has 0 aromatic carbocycles. The molecule has 0 amide bonds. The third-order valence-electron chi connectivity index (χ3n) is 2.40. The molecule has 0 radical (unpaired) electrons. The van der Waals surface area contributed by atoms with Crippen LogP contribution in [0.25, 0.3) is 0 Å². The van der Waals surface area contributed by atoms with Crippen LogP contribution in [0.5, 0.6) is 0 Å². The number of aromatic nitrogens is 2. The average Bonchev–Trinajstić information content (AvgIpc) is 2.39. The summed E-state index contributed by atoms with van der Waals surface area (Å²) in [6.45, 7) is 9.56. The van der Waals surface area contributed by atoms with Crippen molar-refractivity contribution in [3.8, 4) is 0 Å². The molecule has 0 aliphatic carbocycles. The van der Waals surface area contributed by atoms with E-state index >= 15 is 0 Å². The topological polar surface area (TPSA) is 56.3 Å². The van der Waals surface area contributed by atoms with Crippen LogP contribution in [0.4, 0.5) is 5.82 Å². The minimum absolute atomic E-state index is 0.378. The zero-order valence-electron chi connectivity index (χ0n) is 12.5. The molecule has 1 heterocycles. The first-order valence-electron chi connectivity index (χ1n) is 7.04. The van der Waals surface area contributed by atoms with Crippen LogP contribution in [-0.4, -0.2) is 36.3 Å². The summed E-state index contributed by atoms with van der Waals surface area (Å²) in [7, 11) is 0. The van der Waals surface area contributed by atoms with Gasteiger partial charge in [0.05, 0.1) is 0 Å². The Morgan fingerprint density at radius 2 is 2.10 bits per heavy atom. The second kappa shape index (κ2) is 9.91. The highest BCUT2D eigenvalue weighted by Crippen LogP contribution is 2.12. The van der Waals surface area contributed by atoms with Gasteiger partial charge in [-0.25, -0.2) is 9.97 Å². The summed E-state index contributed by atoms with van der Waals surface area (Å²) in [6, 6.07) is 1.71. The number of halogens is 1. The third-order valence-corrected chi connectivity index (χ3v) is 2.59. The first-order valence-corrected chi connectivity index (χ1v) is 7.42. The Hall–Kier alpha value is -0.910. The van der Waals surface area contributed by atoms with Gasteiger partial charge in [0.25, 0.3) is 0 Å². The van der Waals surface area contributed by atoms with E-state index in [-0.39, 0.29) is 0 Å². The Labute approximate surface area is 126 Å². The summed E-state index contributed by atoms with van der Waals surface area (Å²) in [5.74, 6) is 1.89. The smallest absolute Gasteiger partial charge is 0.158 e. The third kappa shape index (κ3) is 7.62. The molecular weight excluding hydrogens is 278 g/mol. The first-order chi connectivity index (χ1) is 9.61. The van der Waals surface area contributed by atoms with Crippen LogP contribution in [0.1, 0.15) is 33.0 Å². The molecule has 0 saturated heterocycles. The predicted octanol–water partition coefficient (Wildman–Crippen LogP) is 3.14. The number of hydrogen-bond donors (Lipinski definition) is 1. The fourth-order valence-electron chi connectivity index (χ4n) is 1.52. The molecule has 20 heavy (non-hydrogen) atoms. The molecule has 0 unspecified atom stereocenters. The van der Waals surface area contributed by atoms with Gasteiger partial charge in [0.1, 0.15) is 17.6 Å². The summed E-state index contributed by atoms with van der Waals surface area (Å²) in [6.07, 6.45) is 0.926. The van der Waals surface area contributed by atoms with Crippen LogP contribution in [0.3, 0.4) is 0 Å². The molecule has 0 atom stereocenters. The van der Waals surface area contributed by atoms with Crippen molar-refractivity contribution in [2.45, 2.75) is 33.8 Å². The minimum Gasteiger partial charge on any atom is -0.381 e. The second-order valence-electron chi connectivity index (χ2n) is 4.88. The van der Waals surface area contributed by atoms with E-state index in [4.69, 9.17) is 21.1 Å². The first kappa shape index (κ1) is 17.1. The summed E-state index contributed by atoms with van der Waals surface area (Å²) in [4.78, 5) is 8.46. The fourth-order valence-corrected chi connectivity index (χ4v) is 1.72. The minimum atomic E-state index is 0.378. The molecule has 0 spiro atoms. The normalized spacial score (nSPS) is 11.1. The highest BCUT2D eigenvalue weighted by molar-refractivity contribution is 6.29. The monoisotopic (exact) mass is 301 g/mol. The SMILES string of the molecule is CCOCc1nc(Cl)cc(NCCCOCC(C)C)n1. The van der Waals surface area contributed by atoms with Crippen LogP contribution in [0.2, 0.25) is 5.15 Å². The number of rotatable bonds is 10. The van der Waals surface area contributed by atoms with Crippen LogP contribution >= 0.6 is 11.6 Å². The van der Waals surface area contributed by atoms with E-state index in [1.54, 1.807) is 6.07 Å². The standard InChI is InChI=1S/C14H24ClN3O2/c1-4-19-10-14-17-12(15)8-13(18-14)16-6-5-7-20-9-11(2)3/h8,11H,4-7,9-10H2,1-3H3,(H,16,17,18). The van der Waals surface area contributed by atoms with E-state index in [0.717, 1.165) is 32.0 Å². The van der Waals surface area contributed by atoms with Gasteiger partial charge in [0.2, 0.25) is 0 Å². The summed E-state index contributed by atoms with van der Waals surface area (Å²) < 4.78 is 10.8. The zero-order chi connectivity index (χ0) is 14.8. The van der Waals surface area contributed by atoms with Crippen molar-refractivity contribution in [2.24, 2.45) is 5.92 Å². The Balaban J connectivity index is 2.30. The maximum absolute atomic E-state index is 5.95. The van der Waals surface area contributed by atoms with Crippen LogP contribution in [0, 0.1) is 5.92 Å². The van der Waals surface area contributed by atoms with E-state index in [1.807, 2.05) is 6.92 Å². The predicted molar refractivity (Wildman–Crippen MR) is 81.1 cm³/mol. The van der Waals surface area contributed by atoms with Crippen molar-refractivity contribution in [1.82, 2.24) is 9.97 Å². The lowest BCUT2D eigenvalue weighted by atomic mass is 10.2. The maximum Gasteiger partial charge on any atom is 0.158 e. The van der Waals surface area contributed by atoms with Crippen molar-refractivity contribution in [3.05, 3.63) is 17.0 Å². The lowest BCUT2D eigenvalue weighted by Crippen LogP contribution is -2.10. The molecule has 6 heteroatoms. The molecule has 5 nitrogen and oxygen atoms in total. The lowest BCUT2D eigenvalue weighted by Gasteiger charge is -2.09. The number of nitrogens with one attached hydrogen (secondary N) is 1. The molecular formula is C14H24ClN3O2. The van der Waals surface area contributed by atoms with Gasteiger partial charge in [-0.05, 0) is 19.3 Å². The van der Waals surface area contributed by atoms with E-state index in [2.05, 4.69) is 29.1 Å². The summed E-state index contributed by atoms with van der Waals surface area (Å²) >= 11 is 5.95. The number of nitrogens with zero attached hydrogens (tertiary/aromatic N) is 2. The maximum atomic E-state index is 5.95. The van der Waals surface area contributed by atoms with Crippen LogP contribution in [-0.2, 0) is 16.1 Å². The van der Waals surface area contributed by atoms with Crippen molar-refractivity contribution < 1.29 is 9.47 Å².